The molecule has 112 valence electrons. The maximum atomic E-state index is 12.2. The Morgan fingerprint density at radius 1 is 1.09 bits per heavy atom. The summed E-state index contributed by atoms with van der Waals surface area (Å²) in [5, 5.41) is 11.8. The van der Waals surface area contributed by atoms with Gasteiger partial charge in [0, 0.05) is 5.57 Å². The van der Waals surface area contributed by atoms with Crippen LogP contribution in [0.25, 0.3) is 6.08 Å². The Bertz CT molecular complexity index is 748. The number of hydrogen-bond acceptors (Lipinski definition) is 2. The molecule has 0 spiro atoms. The molecule has 0 saturated carbocycles. The molecule has 2 aromatic rings. The lowest BCUT2D eigenvalue weighted by Gasteiger charge is -2.08. The van der Waals surface area contributed by atoms with Crippen LogP contribution in [0.4, 0.5) is 5.69 Å². The van der Waals surface area contributed by atoms with Crippen LogP contribution in [-0.4, -0.2) is 17.0 Å². The monoisotopic (exact) mass is 295 g/mol. The zero-order valence-electron chi connectivity index (χ0n) is 12.5. The molecule has 4 heteroatoms. The van der Waals surface area contributed by atoms with Gasteiger partial charge >= 0.3 is 5.97 Å². The predicted octanol–water partition coefficient (Wildman–Crippen LogP) is 3.74. The van der Waals surface area contributed by atoms with Crippen LogP contribution in [0.5, 0.6) is 0 Å². The first-order chi connectivity index (χ1) is 10.5. The van der Waals surface area contributed by atoms with Crippen LogP contribution < -0.4 is 5.32 Å². The largest absolute Gasteiger partial charge is 0.478 e. The maximum Gasteiger partial charge on any atom is 0.337 e. The lowest BCUT2D eigenvalue weighted by atomic mass is 10.1. The van der Waals surface area contributed by atoms with Crippen LogP contribution in [0.3, 0.4) is 0 Å². The molecule has 0 aliphatic rings. The molecule has 0 heterocycles. The molecule has 0 aliphatic carbocycles. The van der Waals surface area contributed by atoms with Crippen molar-refractivity contribution >= 4 is 23.6 Å². The Morgan fingerprint density at radius 2 is 1.82 bits per heavy atom. The first-order valence-corrected chi connectivity index (χ1v) is 6.86. The molecule has 4 nitrogen and oxygen atoms in total. The fraction of sp³-hybridized carbons (Fsp3) is 0.111. The Morgan fingerprint density at radius 3 is 2.50 bits per heavy atom. The number of aromatic carboxylic acids is 1. The Kier molecular flexibility index (Phi) is 4.73. The Labute approximate surface area is 129 Å². The third-order valence-corrected chi connectivity index (χ3v) is 3.19. The zero-order valence-corrected chi connectivity index (χ0v) is 12.5. The summed E-state index contributed by atoms with van der Waals surface area (Å²) in [6.45, 7) is 3.68. The van der Waals surface area contributed by atoms with Gasteiger partial charge in [0.2, 0.25) is 0 Å². The van der Waals surface area contributed by atoms with E-state index in [1.807, 2.05) is 31.2 Å². The van der Waals surface area contributed by atoms with Crippen molar-refractivity contribution in [3.05, 3.63) is 70.8 Å². The molecule has 2 aromatic carbocycles. The van der Waals surface area contributed by atoms with Crippen molar-refractivity contribution in [2.24, 2.45) is 0 Å². The summed E-state index contributed by atoms with van der Waals surface area (Å²) in [7, 11) is 0. The highest BCUT2D eigenvalue weighted by Gasteiger charge is 2.12. The molecule has 0 unspecified atom stereocenters. The van der Waals surface area contributed by atoms with Gasteiger partial charge in [-0.2, -0.15) is 0 Å². The number of anilines is 1. The molecule has 0 radical (unpaired) electrons. The second-order valence-corrected chi connectivity index (χ2v) is 5.05. The normalized spacial score (nSPS) is 11.1. The summed E-state index contributed by atoms with van der Waals surface area (Å²) in [4.78, 5) is 23.3. The second kappa shape index (κ2) is 6.72. The SMILES string of the molecule is CC(=Cc1cccc(C)c1)C(=O)Nc1ccccc1C(=O)O. The number of carboxylic acid groups (broad SMARTS) is 1. The van der Waals surface area contributed by atoms with Gasteiger partial charge in [-0.15, -0.1) is 0 Å². The number of carboxylic acids is 1. The molecule has 2 N–H and O–H groups in total. The van der Waals surface area contributed by atoms with Crippen molar-refractivity contribution < 1.29 is 14.7 Å². The van der Waals surface area contributed by atoms with Gasteiger partial charge in [0.1, 0.15) is 0 Å². The minimum absolute atomic E-state index is 0.0687. The highest BCUT2D eigenvalue weighted by atomic mass is 16.4. The topological polar surface area (TPSA) is 66.4 Å². The smallest absolute Gasteiger partial charge is 0.337 e. The number of benzene rings is 2. The molecule has 0 fully saturated rings. The molecule has 0 atom stereocenters. The number of para-hydroxylation sites is 1. The summed E-state index contributed by atoms with van der Waals surface area (Å²) in [5.74, 6) is -1.40. The number of aryl methyl sites for hydroxylation is 1. The lowest BCUT2D eigenvalue weighted by Crippen LogP contribution is -2.15. The third kappa shape index (κ3) is 3.82. The quantitative estimate of drug-likeness (QED) is 0.844. The van der Waals surface area contributed by atoms with Crippen molar-refractivity contribution in [2.45, 2.75) is 13.8 Å². The van der Waals surface area contributed by atoms with Crippen molar-refractivity contribution in [3.63, 3.8) is 0 Å². The molecule has 2 rings (SSSR count). The first-order valence-electron chi connectivity index (χ1n) is 6.86. The van der Waals surface area contributed by atoms with Crippen molar-refractivity contribution in [3.8, 4) is 0 Å². The summed E-state index contributed by atoms with van der Waals surface area (Å²) < 4.78 is 0. The highest BCUT2D eigenvalue weighted by Crippen LogP contribution is 2.17. The van der Waals surface area contributed by atoms with Crippen LogP contribution in [0.15, 0.2) is 54.1 Å². The average Bonchev–Trinajstić information content (AvgIpc) is 2.47. The van der Waals surface area contributed by atoms with Gasteiger partial charge in [-0.3, -0.25) is 4.79 Å². The zero-order chi connectivity index (χ0) is 16.1. The van der Waals surface area contributed by atoms with Gasteiger partial charge in [0.15, 0.2) is 0 Å². The highest BCUT2D eigenvalue weighted by molar-refractivity contribution is 6.09. The van der Waals surface area contributed by atoms with E-state index in [9.17, 15) is 9.59 Å². The minimum atomic E-state index is -1.07. The number of hydrogen-bond donors (Lipinski definition) is 2. The first kappa shape index (κ1) is 15.5. The summed E-state index contributed by atoms with van der Waals surface area (Å²) in [5.41, 5.74) is 2.90. The Hall–Kier alpha value is -2.88. The fourth-order valence-corrected chi connectivity index (χ4v) is 2.07. The van der Waals surface area contributed by atoms with E-state index in [0.717, 1.165) is 11.1 Å². The lowest BCUT2D eigenvalue weighted by molar-refractivity contribution is -0.112. The summed E-state index contributed by atoms with van der Waals surface area (Å²) in [6, 6.07) is 14.1. The second-order valence-electron chi connectivity index (χ2n) is 5.05. The molecule has 22 heavy (non-hydrogen) atoms. The number of nitrogens with one attached hydrogen (secondary N) is 1. The number of carbonyl (C=O) groups is 2. The molecule has 0 bridgehead atoms. The van der Waals surface area contributed by atoms with E-state index in [-0.39, 0.29) is 17.2 Å². The number of carbonyl (C=O) groups excluding carboxylic acids is 1. The van der Waals surface area contributed by atoms with E-state index >= 15 is 0 Å². The molecule has 0 aliphatic heterocycles. The van der Waals surface area contributed by atoms with E-state index in [4.69, 9.17) is 5.11 Å². The van der Waals surface area contributed by atoms with Crippen LogP contribution in [-0.2, 0) is 4.79 Å². The minimum Gasteiger partial charge on any atom is -0.478 e. The van der Waals surface area contributed by atoms with Crippen LogP contribution in [0.1, 0.15) is 28.4 Å². The number of rotatable bonds is 4. The van der Waals surface area contributed by atoms with E-state index in [2.05, 4.69) is 5.32 Å². The summed E-state index contributed by atoms with van der Waals surface area (Å²) in [6.07, 6.45) is 1.77. The molecule has 0 aromatic heterocycles. The van der Waals surface area contributed by atoms with Crippen molar-refractivity contribution in [2.75, 3.05) is 5.32 Å². The summed E-state index contributed by atoms with van der Waals surface area (Å²) >= 11 is 0. The molecular weight excluding hydrogens is 278 g/mol. The van der Waals surface area contributed by atoms with Crippen LogP contribution in [0.2, 0.25) is 0 Å². The van der Waals surface area contributed by atoms with E-state index in [0.29, 0.717) is 5.57 Å². The van der Waals surface area contributed by atoms with Gasteiger partial charge in [-0.05, 0) is 37.6 Å². The maximum absolute atomic E-state index is 12.2. The predicted molar refractivity (Wildman–Crippen MR) is 86.9 cm³/mol. The van der Waals surface area contributed by atoms with E-state index in [1.165, 1.54) is 6.07 Å². The average molecular weight is 295 g/mol. The Balaban J connectivity index is 2.20. The van der Waals surface area contributed by atoms with Gasteiger partial charge < -0.3 is 10.4 Å². The van der Waals surface area contributed by atoms with Crippen molar-refractivity contribution in [1.82, 2.24) is 0 Å². The molecule has 1 amide bonds. The van der Waals surface area contributed by atoms with E-state index in [1.54, 1.807) is 31.2 Å². The van der Waals surface area contributed by atoms with Crippen LogP contribution in [0, 0.1) is 6.92 Å². The molecular formula is C18H17NO3. The third-order valence-electron chi connectivity index (χ3n) is 3.19. The fourth-order valence-electron chi connectivity index (χ4n) is 2.07. The van der Waals surface area contributed by atoms with Crippen molar-refractivity contribution in [1.29, 1.82) is 0 Å². The van der Waals surface area contributed by atoms with Crippen LogP contribution >= 0.6 is 0 Å². The van der Waals surface area contributed by atoms with Gasteiger partial charge in [-0.1, -0.05) is 42.0 Å². The number of amides is 1. The van der Waals surface area contributed by atoms with E-state index < -0.39 is 5.97 Å². The molecule has 0 saturated heterocycles. The van der Waals surface area contributed by atoms with Gasteiger partial charge in [0.05, 0.1) is 11.3 Å². The van der Waals surface area contributed by atoms with Gasteiger partial charge in [-0.25, -0.2) is 4.79 Å². The standard InChI is InChI=1S/C18H17NO3/c1-12-6-5-7-14(10-12)11-13(2)17(20)19-16-9-4-3-8-15(16)18(21)22/h3-11H,1-2H3,(H,19,20)(H,21,22). The van der Waals surface area contributed by atoms with Gasteiger partial charge in [0.25, 0.3) is 5.91 Å².